The van der Waals surface area contributed by atoms with E-state index in [2.05, 4.69) is 0 Å². The predicted octanol–water partition coefficient (Wildman–Crippen LogP) is 1.92. The summed E-state index contributed by atoms with van der Waals surface area (Å²) in [5.41, 5.74) is 4.72. The Balaban J connectivity index is 2.43. The van der Waals surface area contributed by atoms with Crippen LogP contribution in [0, 0.1) is 5.92 Å². The zero-order chi connectivity index (χ0) is 9.57. The summed E-state index contributed by atoms with van der Waals surface area (Å²) in [4.78, 5) is 0. The van der Waals surface area contributed by atoms with E-state index in [1.165, 1.54) is 0 Å². The molecule has 1 nitrogen and oxygen atoms in total. The number of hydrogen-bond acceptors (Lipinski definition) is 1. The van der Waals surface area contributed by atoms with Crippen molar-refractivity contribution in [2.75, 3.05) is 0 Å². The first-order chi connectivity index (χ1) is 5.22. The van der Waals surface area contributed by atoms with Crippen molar-refractivity contribution in [3.8, 4) is 0 Å². The first-order valence-corrected chi connectivity index (χ1v) is 3.42. The Kier molecular flexibility index (Phi) is 2.06. The first kappa shape index (κ1) is 9.70. The fraction of sp³-hybridized carbons (Fsp3) is 1.00. The molecule has 6 heteroatoms. The lowest BCUT2D eigenvalue weighted by Gasteiger charge is -2.38. The maximum absolute atomic E-state index is 12.1. The Morgan fingerprint density at radius 3 is 1.92 bits per heavy atom. The zero-order valence-electron chi connectivity index (χ0n) is 6.04. The molecule has 1 atom stereocenters. The maximum atomic E-state index is 12.1. The number of halogens is 5. The van der Waals surface area contributed by atoms with Crippen molar-refractivity contribution in [3.05, 3.63) is 0 Å². The molecule has 12 heavy (non-hydrogen) atoms. The van der Waals surface area contributed by atoms with E-state index in [4.69, 9.17) is 5.73 Å². The van der Waals surface area contributed by atoms with E-state index in [-0.39, 0.29) is 0 Å². The lowest BCUT2D eigenvalue weighted by atomic mass is 9.76. The van der Waals surface area contributed by atoms with Crippen LogP contribution in [0.25, 0.3) is 0 Å². The molecule has 0 aromatic carbocycles. The highest BCUT2D eigenvalue weighted by atomic mass is 19.4. The average Bonchev–Trinajstić information content (AvgIpc) is 1.78. The summed E-state index contributed by atoms with van der Waals surface area (Å²) < 4.78 is 59.6. The van der Waals surface area contributed by atoms with Gasteiger partial charge in [0, 0.05) is 12.8 Å². The lowest BCUT2D eigenvalue weighted by Crippen LogP contribution is -2.52. The van der Waals surface area contributed by atoms with Gasteiger partial charge in [0.1, 0.15) is 6.04 Å². The number of nitrogens with two attached hydrogens (primary N) is 1. The van der Waals surface area contributed by atoms with Crippen molar-refractivity contribution in [1.29, 1.82) is 0 Å². The molecule has 0 heterocycles. The van der Waals surface area contributed by atoms with Gasteiger partial charge >= 0.3 is 6.18 Å². The summed E-state index contributed by atoms with van der Waals surface area (Å²) in [7, 11) is 0. The second-order valence-corrected chi connectivity index (χ2v) is 3.09. The van der Waals surface area contributed by atoms with Crippen molar-refractivity contribution in [1.82, 2.24) is 0 Å². The fourth-order valence-electron chi connectivity index (χ4n) is 1.23. The predicted molar refractivity (Wildman–Crippen MR) is 31.7 cm³/mol. The molecule has 1 saturated carbocycles. The largest absolute Gasteiger partial charge is 0.403 e. The van der Waals surface area contributed by atoms with Crippen LogP contribution in [0.1, 0.15) is 12.8 Å². The monoisotopic (exact) mass is 189 g/mol. The summed E-state index contributed by atoms with van der Waals surface area (Å²) in [5.74, 6) is -4.05. The van der Waals surface area contributed by atoms with E-state index in [0.29, 0.717) is 0 Å². The van der Waals surface area contributed by atoms with Crippen LogP contribution >= 0.6 is 0 Å². The number of alkyl halides is 5. The third-order valence-electron chi connectivity index (χ3n) is 2.01. The van der Waals surface area contributed by atoms with Crippen LogP contribution in [0.4, 0.5) is 22.0 Å². The van der Waals surface area contributed by atoms with Crippen molar-refractivity contribution in [2.45, 2.75) is 31.0 Å². The minimum Gasteiger partial charge on any atom is -0.320 e. The van der Waals surface area contributed by atoms with E-state index in [1.807, 2.05) is 0 Å². The molecule has 0 radical (unpaired) electrons. The van der Waals surface area contributed by atoms with Crippen LogP contribution in [0.2, 0.25) is 0 Å². The van der Waals surface area contributed by atoms with Gasteiger partial charge in [-0.2, -0.15) is 13.2 Å². The molecule has 0 amide bonds. The van der Waals surface area contributed by atoms with Gasteiger partial charge in [0.25, 0.3) is 0 Å². The van der Waals surface area contributed by atoms with Crippen LogP contribution in [0.15, 0.2) is 0 Å². The quantitative estimate of drug-likeness (QED) is 0.626. The summed E-state index contributed by atoms with van der Waals surface area (Å²) in [6, 6.07) is -2.10. The number of rotatable bonds is 1. The molecule has 1 fully saturated rings. The summed E-state index contributed by atoms with van der Waals surface area (Å²) in [5, 5.41) is 0. The van der Waals surface area contributed by atoms with Gasteiger partial charge in [-0.05, 0) is 5.92 Å². The van der Waals surface area contributed by atoms with Crippen LogP contribution < -0.4 is 5.73 Å². The molecule has 0 saturated heterocycles. The number of hydrogen-bond donors (Lipinski definition) is 1. The van der Waals surface area contributed by atoms with E-state index >= 15 is 0 Å². The molecule has 0 aliphatic heterocycles. The Labute approximate surface area is 65.7 Å². The summed E-state index contributed by atoms with van der Waals surface area (Å²) in [6.07, 6.45) is -6.04. The van der Waals surface area contributed by atoms with Gasteiger partial charge in [0.15, 0.2) is 0 Å². The molecule has 1 rings (SSSR count). The topological polar surface area (TPSA) is 26.0 Å². The first-order valence-electron chi connectivity index (χ1n) is 3.42. The zero-order valence-corrected chi connectivity index (χ0v) is 6.04. The van der Waals surface area contributed by atoms with Gasteiger partial charge in [-0.15, -0.1) is 0 Å². The van der Waals surface area contributed by atoms with Crippen molar-refractivity contribution in [3.63, 3.8) is 0 Å². The van der Waals surface area contributed by atoms with Gasteiger partial charge in [0.2, 0.25) is 5.92 Å². The van der Waals surface area contributed by atoms with Crippen LogP contribution in [0.3, 0.4) is 0 Å². The van der Waals surface area contributed by atoms with E-state index < -0.39 is 36.9 Å². The highest BCUT2D eigenvalue weighted by molar-refractivity contribution is 4.94. The molecule has 1 aliphatic rings. The molecule has 72 valence electrons. The second kappa shape index (κ2) is 2.55. The molecular formula is C6H8F5N. The van der Waals surface area contributed by atoms with Crippen molar-refractivity contribution >= 4 is 0 Å². The fourth-order valence-corrected chi connectivity index (χ4v) is 1.23. The molecular weight excluding hydrogens is 181 g/mol. The highest BCUT2D eigenvalue weighted by Gasteiger charge is 2.54. The van der Waals surface area contributed by atoms with Gasteiger partial charge in [-0.25, -0.2) is 8.78 Å². The van der Waals surface area contributed by atoms with Crippen LogP contribution in [-0.2, 0) is 0 Å². The van der Waals surface area contributed by atoms with Gasteiger partial charge in [-0.3, -0.25) is 0 Å². The summed E-state index contributed by atoms with van der Waals surface area (Å²) >= 11 is 0. The van der Waals surface area contributed by atoms with Crippen LogP contribution in [0.5, 0.6) is 0 Å². The van der Waals surface area contributed by atoms with E-state index in [0.717, 1.165) is 0 Å². The Bertz CT molecular complexity index is 167. The molecule has 0 aromatic rings. The van der Waals surface area contributed by atoms with E-state index in [1.54, 1.807) is 0 Å². The van der Waals surface area contributed by atoms with Crippen molar-refractivity contribution < 1.29 is 22.0 Å². The Morgan fingerprint density at radius 1 is 1.25 bits per heavy atom. The molecule has 0 aromatic heterocycles. The highest BCUT2D eigenvalue weighted by Crippen LogP contribution is 2.46. The van der Waals surface area contributed by atoms with Crippen molar-refractivity contribution in [2.24, 2.45) is 11.7 Å². The normalized spacial score (nSPS) is 26.5. The molecule has 1 aliphatic carbocycles. The maximum Gasteiger partial charge on any atom is 0.403 e. The average molecular weight is 189 g/mol. The third-order valence-corrected chi connectivity index (χ3v) is 2.01. The second-order valence-electron chi connectivity index (χ2n) is 3.09. The third kappa shape index (κ3) is 1.85. The van der Waals surface area contributed by atoms with Crippen LogP contribution in [-0.4, -0.2) is 18.1 Å². The molecule has 0 bridgehead atoms. The minimum absolute atomic E-state index is 0.742. The summed E-state index contributed by atoms with van der Waals surface area (Å²) in [6.45, 7) is 0. The van der Waals surface area contributed by atoms with Gasteiger partial charge < -0.3 is 5.73 Å². The van der Waals surface area contributed by atoms with Gasteiger partial charge in [-0.1, -0.05) is 0 Å². The molecule has 1 unspecified atom stereocenters. The van der Waals surface area contributed by atoms with Gasteiger partial charge in [0.05, 0.1) is 0 Å². The lowest BCUT2D eigenvalue weighted by molar-refractivity contribution is -0.196. The Hall–Kier alpha value is -0.390. The van der Waals surface area contributed by atoms with E-state index in [9.17, 15) is 22.0 Å². The molecule has 2 N–H and O–H groups in total. The standard InChI is InChI=1S/C6H8F5N/c7-5(8)1-3(2-5)4(12)6(9,10)11/h3-4H,1-2,12H2. The molecule has 0 spiro atoms. The Morgan fingerprint density at radius 2 is 1.67 bits per heavy atom. The minimum atomic E-state index is -4.55. The smallest absolute Gasteiger partial charge is 0.320 e. The SMILES string of the molecule is NC(C1CC(F)(F)C1)C(F)(F)F.